The van der Waals surface area contributed by atoms with E-state index in [1.54, 1.807) is 6.33 Å². The molecule has 1 aromatic heterocycles. The monoisotopic (exact) mass is 377 g/mol. The minimum Gasteiger partial charge on any atom is -0.282 e. The minimum atomic E-state index is 0.805. The lowest BCUT2D eigenvalue weighted by Crippen LogP contribution is -1.96. The zero-order valence-corrected chi connectivity index (χ0v) is 13.0. The smallest absolute Gasteiger partial charge is 0.169 e. The number of halogens is 2. The molecule has 0 radical (unpaired) electrons. The van der Waals surface area contributed by atoms with E-state index in [2.05, 4.69) is 42.1 Å². The normalized spacial score (nSPS) is 10.6. The third kappa shape index (κ3) is 2.48. The number of hydrogen-bond acceptors (Lipinski definition) is 2. The highest BCUT2D eigenvalue weighted by Gasteiger charge is 2.12. The largest absolute Gasteiger partial charge is 0.282 e. The molecule has 0 bridgehead atoms. The quantitative estimate of drug-likeness (QED) is 0.659. The van der Waals surface area contributed by atoms with E-state index in [1.165, 1.54) is 0 Å². The first-order valence-electron chi connectivity index (χ1n) is 5.66. The highest BCUT2D eigenvalue weighted by atomic mass is 79.9. The number of nitrogens with zero attached hydrogens (tertiary/aromatic N) is 3. The lowest BCUT2D eigenvalue weighted by atomic mass is 10.2. The molecule has 2 aromatic carbocycles. The van der Waals surface area contributed by atoms with Gasteiger partial charge in [-0.15, -0.1) is 10.2 Å². The Hall–Kier alpha value is -1.46. The van der Waals surface area contributed by atoms with Crippen LogP contribution in [0.3, 0.4) is 0 Å². The molecule has 3 nitrogen and oxygen atoms in total. The summed E-state index contributed by atoms with van der Waals surface area (Å²) in [4.78, 5) is 0. The first-order valence-corrected chi connectivity index (χ1v) is 7.25. The van der Waals surface area contributed by atoms with Crippen molar-refractivity contribution >= 4 is 31.9 Å². The number of hydrogen-bond donors (Lipinski definition) is 0. The SMILES string of the molecule is Brc1ccc(Br)c(-c2nncn2-c2ccccc2)c1. The highest BCUT2D eigenvalue weighted by molar-refractivity contribution is 9.11. The van der Waals surface area contributed by atoms with Crippen LogP contribution >= 0.6 is 31.9 Å². The fraction of sp³-hybridized carbons (Fsp3) is 0. The lowest BCUT2D eigenvalue weighted by Gasteiger charge is -2.08. The van der Waals surface area contributed by atoms with Gasteiger partial charge in [-0.25, -0.2) is 0 Å². The second-order valence-electron chi connectivity index (χ2n) is 3.98. The summed E-state index contributed by atoms with van der Waals surface area (Å²) in [5, 5.41) is 8.25. The van der Waals surface area contributed by atoms with Crippen molar-refractivity contribution in [3.05, 3.63) is 63.8 Å². The van der Waals surface area contributed by atoms with Crippen molar-refractivity contribution in [3.8, 4) is 17.1 Å². The van der Waals surface area contributed by atoms with Crippen LogP contribution in [0.2, 0.25) is 0 Å². The summed E-state index contributed by atoms with van der Waals surface area (Å²) >= 11 is 7.04. The van der Waals surface area contributed by atoms with Gasteiger partial charge in [-0.1, -0.05) is 50.1 Å². The fourth-order valence-electron chi connectivity index (χ4n) is 1.87. The molecule has 0 N–H and O–H groups in total. The molecule has 0 fully saturated rings. The van der Waals surface area contributed by atoms with Crippen molar-refractivity contribution in [3.63, 3.8) is 0 Å². The van der Waals surface area contributed by atoms with Crippen molar-refractivity contribution in [1.29, 1.82) is 0 Å². The topological polar surface area (TPSA) is 30.7 Å². The van der Waals surface area contributed by atoms with E-state index >= 15 is 0 Å². The van der Waals surface area contributed by atoms with Gasteiger partial charge in [0.2, 0.25) is 0 Å². The Labute approximate surface area is 127 Å². The number of aromatic nitrogens is 3. The number of benzene rings is 2. The van der Waals surface area contributed by atoms with Gasteiger partial charge in [0.25, 0.3) is 0 Å². The van der Waals surface area contributed by atoms with Crippen molar-refractivity contribution < 1.29 is 0 Å². The highest BCUT2D eigenvalue weighted by Crippen LogP contribution is 2.30. The Morgan fingerprint density at radius 3 is 2.53 bits per heavy atom. The Bertz CT molecular complexity index is 708. The molecule has 0 unspecified atom stereocenters. The van der Waals surface area contributed by atoms with E-state index in [0.29, 0.717) is 0 Å². The van der Waals surface area contributed by atoms with E-state index in [0.717, 1.165) is 26.0 Å². The molecule has 0 aliphatic heterocycles. The van der Waals surface area contributed by atoms with Crippen molar-refractivity contribution in [2.45, 2.75) is 0 Å². The van der Waals surface area contributed by atoms with Crippen LogP contribution in [-0.2, 0) is 0 Å². The van der Waals surface area contributed by atoms with Gasteiger partial charge in [-0.3, -0.25) is 4.57 Å². The first-order chi connectivity index (χ1) is 9.25. The maximum atomic E-state index is 4.23. The van der Waals surface area contributed by atoms with Crippen LogP contribution in [0.25, 0.3) is 17.1 Å². The van der Waals surface area contributed by atoms with E-state index in [4.69, 9.17) is 0 Å². The van der Waals surface area contributed by atoms with Crippen LogP contribution in [0, 0.1) is 0 Å². The molecule has 3 rings (SSSR count). The van der Waals surface area contributed by atoms with Gasteiger partial charge in [0.05, 0.1) is 0 Å². The second-order valence-corrected chi connectivity index (χ2v) is 5.75. The zero-order valence-electron chi connectivity index (χ0n) is 9.79. The third-order valence-corrected chi connectivity index (χ3v) is 3.94. The van der Waals surface area contributed by atoms with Gasteiger partial charge >= 0.3 is 0 Å². The molecule has 5 heteroatoms. The molecule has 0 saturated carbocycles. The maximum Gasteiger partial charge on any atom is 0.169 e. The van der Waals surface area contributed by atoms with E-state index in [-0.39, 0.29) is 0 Å². The molecular formula is C14H9Br2N3. The predicted molar refractivity (Wildman–Crippen MR) is 82.2 cm³/mol. The summed E-state index contributed by atoms with van der Waals surface area (Å²) in [5.74, 6) is 0.805. The van der Waals surface area contributed by atoms with E-state index in [1.807, 2.05) is 53.1 Å². The van der Waals surface area contributed by atoms with Gasteiger partial charge in [0.1, 0.15) is 6.33 Å². The molecule has 94 valence electrons. The van der Waals surface area contributed by atoms with Crippen LogP contribution in [0.4, 0.5) is 0 Å². The summed E-state index contributed by atoms with van der Waals surface area (Å²) in [7, 11) is 0. The zero-order chi connectivity index (χ0) is 13.2. The summed E-state index contributed by atoms with van der Waals surface area (Å²) in [5.41, 5.74) is 2.03. The van der Waals surface area contributed by atoms with Crippen LogP contribution < -0.4 is 0 Å². The van der Waals surface area contributed by atoms with Crippen LogP contribution in [0.1, 0.15) is 0 Å². The molecule has 1 heterocycles. The average molecular weight is 379 g/mol. The van der Waals surface area contributed by atoms with Gasteiger partial charge < -0.3 is 0 Å². The first kappa shape index (κ1) is 12.6. The van der Waals surface area contributed by atoms with Crippen LogP contribution in [-0.4, -0.2) is 14.8 Å². The molecular weight excluding hydrogens is 370 g/mol. The summed E-state index contributed by atoms with van der Waals surface area (Å²) in [6.45, 7) is 0. The lowest BCUT2D eigenvalue weighted by molar-refractivity contribution is 1.06. The van der Waals surface area contributed by atoms with Gasteiger partial charge in [0, 0.05) is 20.2 Å². The summed E-state index contributed by atoms with van der Waals surface area (Å²) < 4.78 is 3.96. The molecule has 0 spiro atoms. The van der Waals surface area contributed by atoms with Crippen LogP contribution in [0.15, 0.2) is 63.8 Å². The summed E-state index contributed by atoms with van der Waals surface area (Å²) in [6, 6.07) is 16.0. The fourth-order valence-corrected chi connectivity index (χ4v) is 2.65. The Morgan fingerprint density at radius 2 is 1.74 bits per heavy atom. The van der Waals surface area contributed by atoms with Gasteiger partial charge in [-0.2, -0.15) is 0 Å². The second kappa shape index (κ2) is 5.27. The minimum absolute atomic E-state index is 0.805. The standard InChI is InChI=1S/C14H9Br2N3/c15-10-6-7-13(16)12(8-10)14-18-17-9-19(14)11-4-2-1-3-5-11/h1-9H. The van der Waals surface area contributed by atoms with Gasteiger partial charge in [0.15, 0.2) is 5.82 Å². The van der Waals surface area contributed by atoms with Crippen molar-refractivity contribution in [2.24, 2.45) is 0 Å². The number of para-hydroxylation sites is 1. The van der Waals surface area contributed by atoms with E-state index < -0.39 is 0 Å². The molecule has 0 saturated heterocycles. The summed E-state index contributed by atoms with van der Waals surface area (Å²) in [6.07, 6.45) is 1.72. The molecule has 19 heavy (non-hydrogen) atoms. The van der Waals surface area contributed by atoms with E-state index in [9.17, 15) is 0 Å². The molecule has 0 aliphatic rings. The number of rotatable bonds is 2. The Kier molecular flexibility index (Phi) is 3.48. The predicted octanol–water partition coefficient (Wildman–Crippen LogP) is 4.46. The van der Waals surface area contributed by atoms with Gasteiger partial charge in [-0.05, 0) is 30.3 Å². The van der Waals surface area contributed by atoms with Crippen molar-refractivity contribution in [1.82, 2.24) is 14.8 Å². The van der Waals surface area contributed by atoms with Crippen molar-refractivity contribution in [2.75, 3.05) is 0 Å². The molecule has 0 amide bonds. The molecule has 0 atom stereocenters. The van der Waals surface area contributed by atoms with Crippen LogP contribution in [0.5, 0.6) is 0 Å². The Balaban J connectivity index is 2.18. The molecule has 0 aliphatic carbocycles. The third-order valence-electron chi connectivity index (χ3n) is 2.75. The maximum absolute atomic E-state index is 4.23. The Morgan fingerprint density at radius 1 is 0.947 bits per heavy atom. The molecule has 3 aromatic rings. The average Bonchev–Trinajstić information content (AvgIpc) is 2.91.